The number of hydrazone groups is 1. The van der Waals surface area contributed by atoms with E-state index in [0.29, 0.717) is 17.2 Å². The van der Waals surface area contributed by atoms with Crippen molar-refractivity contribution in [1.29, 1.82) is 0 Å². The molecule has 2 fully saturated rings. The third-order valence-electron chi connectivity index (χ3n) is 6.67. The van der Waals surface area contributed by atoms with Crippen molar-refractivity contribution in [3.05, 3.63) is 41.5 Å². The fourth-order valence-corrected chi connectivity index (χ4v) is 4.52. The van der Waals surface area contributed by atoms with Gasteiger partial charge in [0.25, 0.3) is 5.91 Å². The molecule has 1 aliphatic heterocycles. The third kappa shape index (κ3) is 2.58. The Morgan fingerprint density at radius 3 is 2.52 bits per heavy atom. The zero-order valence-electron chi connectivity index (χ0n) is 16.2. The van der Waals surface area contributed by atoms with Gasteiger partial charge in [-0.25, -0.2) is 4.79 Å². The largest absolute Gasteiger partial charge is 0.497 e. The number of hydrogen-bond donors (Lipinski definition) is 1. The average molecular weight is 367 g/mol. The van der Waals surface area contributed by atoms with Crippen LogP contribution in [0.1, 0.15) is 39.2 Å². The molecule has 1 heterocycles. The van der Waals surface area contributed by atoms with E-state index in [4.69, 9.17) is 4.74 Å². The predicted octanol–water partition coefficient (Wildman–Crippen LogP) is 3.44. The second-order valence-corrected chi connectivity index (χ2v) is 8.39. The van der Waals surface area contributed by atoms with Crippen LogP contribution in [0.15, 0.2) is 41.0 Å². The summed E-state index contributed by atoms with van der Waals surface area (Å²) in [6.07, 6.45) is 6.08. The lowest BCUT2D eigenvalue weighted by molar-refractivity contribution is -0.131. The molecule has 3 amide bonds. The molecule has 1 saturated heterocycles. The van der Waals surface area contributed by atoms with E-state index in [-0.39, 0.29) is 11.3 Å². The average Bonchev–Trinajstić information content (AvgIpc) is 2.89. The summed E-state index contributed by atoms with van der Waals surface area (Å²) in [5.41, 5.74) is 0.952. The summed E-state index contributed by atoms with van der Waals surface area (Å²) in [6, 6.07) is 6.61. The van der Waals surface area contributed by atoms with Crippen LogP contribution in [0.4, 0.5) is 4.79 Å². The van der Waals surface area contributed by atoms with Crippen molar-refractivity contribution in [1.82, 2.24) is 10.3 Å². The van der Waals surface area contributed by atoms with Crippen molar-refractivity contribution in [3.8, 4) is 5.75 Å². The third-order valence-corrected chi connectivity index (χ3v) is 6.67. The van der Waals surface area contributed by atoms with Gasteiger partial charge in [-0.1, -0.05) is 32.1 Å². The minimum atomic E-state index is -1.14. The summed E-state index contributed by atoms with van der Waals surface area (Å²) >= 11 is 0. The maximum Gasteiger partial charge on any atom is 0.346 e. The lowest BCUT2D eigenvalue weighted by Crippen LogP contribution is -2.48. The minimum Gasteiger partial charge on any atom is -0.497 e. The molecular formula is C21H25N3O3. The summed E-state index contributed by atoms with van der Waals surface area (Å²) in [5.74, 6) is 1.50. The fourth-order valence-electron chi connectivity index (χ4n) is 4.52. The molecule has 6 heteroatoms. The van der Waals surface area contributed by atoms with Crippen LogP contribution in [0.25, 0.3) is 0 Å². The lowest BCUT2D eigenvalue weighted by Gasteiger charge is -2.55. The van der Waals surface area contributed by atoms with Crippen LogP contribution in [0, 0.1) is 17.3 Å². The van der Waals surface area contributed by atoms with E-state index < -0.39 is 11.6 Å². The van der Waals surface area contributed by atoms with Gasteiger partial charge in [-0.05, 0) is 60.3 Å². The molecule has 1 aromatic carbocycles. The molecule has 3 atom stereocenters. The first-order valence-corrected chi connectivity index (χ1v) is 9.32. The molecule has 3 aliphatic carbocycles. The van der Waals surface area contributed by atoms with Gasteiger partial charge in [0.2, 0.25) is 0 Å². The summed E-state index contributed by atoms with van der Waals surface area (Å²) in [5, 5.41) is 7.98. The quantitative estimate of drug-likeness (QED) is 0.655. The first-order chi connectivity index (χ1) is 12.8. The van der Waals surface area contributed by atoms with E-state index in [1.807, 2.05) is 0 Å². The molecule has 27 heavy (non-hydrogen) atoms. The van der Waals surface area contributed by atoms with Gasteiger partial charge in [-0.15, -0.1) is 5.01 Å². The number of fused-ring (bicyclic) bond motifs is 1. The van der Waals surface area contributed by atoms with E-state index in [9.17, 15) is 9.59 Å². The number of allylic oxidation sites excluding steroid dienone is 2. The molecule has 142 valence electrons. The molecule has 1 saturated carbocycles. The molecule has 0 spiro atoms. The standard InChI is InChI=1S/C21H25N3O3/c1-20(2)15-6-5-13(17(20)11-15)12-22-24-18(25)21(3,23-19(24)26)14-7-9-16(27-4)10-8-14/h5,7-10,12,15,17H,6,11H2,1-4H3,(H,23,26)/b22-12-/t15-,17+,21+/m0/s1. The maximum atomic E-state index is 13.0. The van der Waals surface area contributed by atoms with Crippen LogP contribution in [-0.4, -0.2) is 30.3 Å². The molecule has 1 aromatic rings. The summed E-state index contributed by atoms with van der Waals surface area (Å²) in [4.78, 5) is 25.4. The molecule has 5 rings (SSSR count). The first-order valence-electron chi connectivity index (χ1n) is 9.32. The Labute approximate surface area is 159 Å². The fraction of sp³-hybridized carbons (Fsp3) is 0.476. The van der Waals surface area contributed by atoms with E-state index in [2.05, 4.69) is 30.3 Å². The van der Waals surface area contributed by atoms with Crippen LogP contribution in [0.3, 0.4) is 0 Å². The Balaban J connectivity index is 1.55. The molecule has 0 aromatic heterocycles. The molecule has 6 nitrogen and oxygen atoms in total. The van der Waals surface area contributed by atoms with E-state index in [0.717, 1.165) is 29.3 Å². The SMILES string of the molecule is COc1ccc([C@@]2(C)NC(=O)N(/N=C\C3=CC[C@H]4C[C@H]3C4(C)C)C2=O)cc1. The molecular weight excluding hydrogens is 342 g/mol. The highest BCUT2D eigenvalue weighted by atomic mass is 16.5. The first kappa shape index (κ1) is 17.8. The zero-order chi connectivity index (χ0) is 19.4. The summed E-state index contributed by atoms with van der Waals surface area (Å²) in [7, 11) is 1.58. The molecule has 0 unspecified atom stereocenters. The molecule has 4 aliphatic rings. The number of rotatable bonds is 4. The number of ether oxygens (including phenoxy) is 1. The van der Waals surface area contributed by atoms with Gasteiger partial charge in [0.1, 0.15) is 11.3 Å². The van der Waals surface area contributed by atoms with Crippen molar-refractivity contribution in [2.45, 2.75) is 39.2 Å². The van der Waals surface area contributed by atoms with Crippen LogP contribution in [0.5, 0.6) is 5.75 Å². The molecule has 2 bridgehead atoms. The van der Waals surface area contributed by atoms with Gasteiger partial charge in [0.05, 0.1) is 13.3 Å². The van der Waals surface area contributed by atoms with Gasteiger partial charge < -0.3 is 10.1 Å². The Kier molecular flexibility index (Phi) is 3.91. The second kappa shape index (κ2) is 5.94. The van der Waals surface area contributed by atoms with E-state index in [1.165, 1.54) is 0 Å². The molecule has 0 radical (unpaired) electrons. The zero-order valence-corrected chi connectivity index (χ0v) is 16.2. The Hall–Kier alpha value is -2.63. The number of imide groups is 1. The number of carbonyl (C=O) groups excluding carboxylic acids is 2. The number of amides is 3. The van der Waals surface area contributed by atoms with Gasteiger partial charge in [0.15, 0.2) is 0 Å². The summed E-state index contributed by atoms with van der Waals surface area (Å²) < 4.78 is 5.16. The van der Waals surface area contributed by atoms with Crippen molar-refractivity contribution in [2.24, 2.45) is 22.4 Å². The van der Waals surface area contributed by atoms with Crippen LogP contribution in [0.2, 0.25) is 0 Å². The minimum absolute atomic E-state index is 0.269. The number of carbonyl (C=O) groups is 2. The monoisotopic (exact) mass is 367 g/mol. The van der Waals surface area contributed by atoms with Gasteiger partial charge in [0, 0.05) is 0 Å². The van der Waals surface area contributed by atoms with E-state index >= 15 is 0 Å². The van der Waals surface area contributed by atoms with Crippen LogP contribution < -0.4 is 10.1 Å². The molecule has 1 N–H and O–H groups in total. The highest BCUT2D eigenvalue weighted by Gasteiger charge is 2.52. The predicted molar refractivity (Wildman–Crippen MR) is 102 cm³/mol. The number of nitrogens with zero attached hydrogens (tertiary/aromatic N) is 2. The lowest BCUT2D eigenvalue weighted by atomic mass is 9.49. The number of methoxy groups -OCH3 is 1. The van der Waals surface area contributed by atoms with Crippen molar-refractivity contribution in [2.75, 3.05) is 7.11 Å². The van der Waals surface area contributed by atoms with Gasteiger partial charge >= 0.3 is 6.03 Å². The van der Waals surface area contributed by atoms with Crippen molar-refractivity contribution < 1.29 is 14.3 Å². The van der Waals surface area contributed by atoms with Crippen molar-refractivity contribution in [3.63, 3.8) is 0 Å². The Bertz CT molecular complexity index is 856. The van der Waals surface area contributed by atoms with Gasteiger partial charge in [-0.3, -0.25) is 4.79 Å². The number of urea groups is 1. The second-order valence-electron chi connectivity index (χ2n) is 8.39. The number of benzene rings is 1. The highest BCUT2D eigenvalue weighted by Crippen LogP contribution is 2.58. The topological polar surface area (TPSA) is 71.0 Å². The highest BCUT2D eigenvalue weighted by molar-refractivity contribution is 6.07. The van der Waals surface area contributed by atoms with Crippen LogP contribution in [-0.2, 0) is 10.3 Å². The summed E-state index contributed by atoms with van der Waals surface area (Å²) in [6.45, 7) is 6.26. The van der Waals surface area contributed by atoms with Crippen LogP contribution >= 0.6 is 0 Å². The number of hydrogen-bond acceptors (Lipinski definition) is 4. The normalized spacial score (nSPS) is 31.6. The van der Waals surface area contributed by atoms with Gasteiger partial charge in [-0.2, -0.15) is 5.10 Å². The Morgan fingerprint density at radius 2 is 1.93 bits per heavy atom. The Morgan fingerprint density at radius 1 is 1.22 bits per heavy atom. The van der Waals surface area contributed by atoms with Crippen molar-refractivity contribution >= 4 is 18.2 Å². The number of nitrogens with one attached hydrogen (secondary N) is 1. The van der Waals surface area contributed by atoms with E-state index in [1.54, 1.807) is 44.5 Å². The smallest absolute Gasteiger partial charge is 0.346 e. The maximum absolute atomic E-state index is 13.0.